The van der Waals surface area contributed by atoms with Gasteiger partial charge in [-0.2, -0.15) is 0 Å². The summed E-state index contributed by atoms with van der Waals surface area (Å²) in [5.41, 5.74) is 2.77. The van der Waals surface area contributed by atoms with Gasteiger partial charge in [0.1, 0.15) is 5.75 Å². The number of ether oxygens (including phenoxy) is 2. The Labute approximate surface area is 111 Å². The van der Waals surface area contributed by atoms with Gasteiger partial charge in [0.05, 0.1) is 7.11 Å². The van der Waals surface area contributed by atoms with Crippen molar-refractivity contribution in [3.8, 4) is 5.75 Å². The molecule has 0 unspecified atom stereocenters. The van der Waals surface area contributed by atoms with Crippen LogP contribution in [-0.2, 0) is 10.2 Å². The number of hydrogen-bond acceptors (Lipinski definition) is 2. The molecule has 94 valence electrons. The number of methoxy groups -OCH3 is 1. The molecule has 0 N–H and O–H groups in total. The molecule has 0 saturated carbocycles. The second-order valence-corrected chi connectivity index (χ2v) is 5.29. The molecule has 0 aromatic heterocycles. The third kappa shape index (κ3) is 2.50. The SMILES string of the molecule is COc1ccc(C)cc1C1(CBr)CCOCC1. The van der Waals surface area contributed by atoms with Gasteiger partial charge in [0.15, 0.2) is 0 Å². The molecule has 3 heteroatoms. The molecule has 0 atom stereocenters. The smallest absolute Gasteiger partial charge is 0.122 e. The van der Waals surface area contributed by atoms with Gasteiger partial charge in [0.2, 0.25) is 0 Å². The summed E-state index contributed by atoms with van der Waals surface area (Å²) in [6.45, 7) is 3.80. The van der Waals surface area contributed by atoms with Crippen LogP contribution in [0.25, 0.3) is 0 Å². The van der Waals surface area contributed by atoms with E-state index in [0.717, 1.165) is 37.1 Å². The van der Waals surface area contributed by atoms with Gasteiger partial charge in [-0.05, 0) is 25.8 Å². The summed E-state index contributed by atoms with van der Waals surface area (Å²) < 4.78 is 11.0. The molecule has 0 spiro atoms. The number of halogens is 1. The van der Waals surface area contributed by atoms with E-state index in [1.807, 2.05) is 0 Å². The molecule has 2 nitrogen and oxygen atoms in total. The third-order valence-electron chi connectivity index (χ3n) is 3.63. The summed E-state index contributed by atoms with van der Waals surface area (Å²) in [5, 5.41) is 0.961. The van der Waals surface area contributed by atoms with Crippen LogP contribution >= 0.6 is 15.9 Å². The summed E-state index contributed by atoms with van der Waals surface area (Å²) in [7, 11) is 1.75. The van der Waals surface area contributed by atoms with Gasteiger partial charge in [-0.3, -0.25) is 0 Å². The molecule has 2 rings (SSSR count). The quantitative estimate of drug-likeness (QED) is 0.796. The van der Waals surface area contributed by atoms with Crippen molar-refractivity contribution in [3.63, 3.8) is 0 Å². The molecule has 1 aliphatic heterocycles. The van der Waals surface area contributed by atoms with Crippen LogP contribution in [0.1, 0.15) is 24.0 Å². The van der Waals surface area contributed by atoms with E-state index < -0.39 is 0 Å². The number of hydrogen-bond donors (Lipinski definition) is 0. The second-order valence-electron chi connectivity index (χ2n) is 4.73. The maximum Gasteiger partial charge on any atom is 0.122 e. The van der Waals surface area contributed by atoms with Crippen LogP contribution in [0.4, 0.5) is 0 Å². The molecular weight excluding hydrogens is 280 g/mol. The van der Waals surface area contributed by atoms with E-state index in [1.165, 1.54) is 11.1 Å². The maximum atomic E-state index is 5.52. The first kappa shape index (κ1) is 12.9. The van der Waals surface area contributed by atoms with Gasteiger partial charge >= 0.3 is 0 Å². The van der Waals surface area contributed by atoms with E-state index in [2.05, 4.69) is 41.1 Å². The molecule has 1 aromatic carbocycles. The van der Waals surface area contributed by atoms with Crippen LogP contribution in [0.2, 0.25) is 0 Å². The highest BCUT2D eigenvalue weighted by Gasteiger charge is 2.35. The highest BCUT2D eigenvalue weighted by molar-refractivity contribution is 9.09. The van der Waals surface area contributed by atoms with Gasteiger partial charge in [-0.25, -0.2) is 0 Å². The first-order valence-electron chi connectivity index (χ1n) is 6.01. The molecule has 0 aliphatic carbocycles. The Kier molecular flexibility index (Phi) is 4.10. The summed E-state index contributed by atoms with van der Waals surface area (Å²) in [6, 6.07) is 6.43. The molecule has 0 amide bonds. The minimum atomic E-state index is 0.162. The van der Waals surface area contributed by atoms with E-state index in [0.29, 0.717) is 0 Å². The predicted octanol–water partition coefficient (Wildman–Crippen LogP) is 3.45. The van der Waals surface area contributed by atoms with E-state index in [9.17, 15) is 0 Å². The van der Waals surface area contributed by atoms with E-state index >= 15 is 0 Å². The molecule has 0 radical (unpaired) electrons. The predicted molar refractivity (Wildman–Crippen MR) is 73.3 cm³/mol. The minimum absolute atomic E-state index is 0.162. The lowest BCUT2D eigenvalue weighted by atomic mass is 9.75. The zero-order valence-electron chi connectivity index (χ0n) is 10.5. The molecule has 1 aliphatic rings. The van der Waals surface area contributed by atoms with E-state index in [1.54, 1.807) is 7.11 Å². The average Bonchev–Trinajstić information content (AvgIpc) is 2.39. The summed E-state index contributed by atoms with van der Waals surface area (Å²) >= 11 is 3.68. The second kappa shape index (κ2) is 5.40. The van der Waals surface area contributed by atoms with Gasteiger partial charge in [0.25, 0.3) is 0 Å². The summed E-state index contributed by atoms with van der Waals surface area (Å²) in [4.78, 5) is 0. The van der Waals surface area contributed by atoms with Gasteiger partial charge < -0.3 is 9.47 Å². The first-order valence-corrected chi connectivity index (χ1v) is 7.13. The van der Waals surface area contributed by atoms with Crippen molar-refractivity contribution in [3.05, 3.63) is 29.3 Å². The van der Waals surface area contributed by atoms with Crippen molar-refractivity contribution in [1.82, 2.24) is 0 Å². The molecule has 17 heavy (non-hydrogen) atoms. The fraction of sp³-hybridized carbons (Fsp3) is 0.571. The number of benzene rings is 1. The number of rotatable bonds is 3. The first-order chi connectivity index (χ1) is 8.22. The highest BCUT2D eigenvalue weighted by atomic mass is 79.9. The van der Waals surface area contributed by atoms with Crippen molar-refractivity contribution >= 4 is 15.9 Å². The van der Waals surface area contributed by atoms with E-state index in [4.69, 9.17) is 9.47 Å². The topological polar surface area (TPSA) is 18.5 Å². The van der Waals surface area contributed by atoms with Crippen LogP contribution in [0.3, 0.4) is 0 Å². The molecule has 1 fully saturated rings. The van der Waals surface area contributed by atoms with Crippen LogP contribution in [-0.4, -0.2) is 25.7 Å². The van der Waals surface area contributed by atoms with Crippen molar-refractivity contribution in [2.45, 2.75) is 25.2 Å². The average molecular weight is 299 g/mol. The molecule has 0 bridgehead atoms. The molecule has 1 aromatic rings. The Hall–Kier alpha value is -0.540. The summed E-state index contributed by atoms with van der Waals surface area (Å²) in [6.07, 6.45) is 2.11. The molecule has 1 saturated heterocycles. The lowest BCUT2D eigenvalue weighted by molar-refractivity contribution is 0.0576. The third-order valence-corrected chi connectivity index (χ3v) is 4.71. The van der Waals surface area contributed by atoms with Gasteiger partial charge in [-0.15, -0.1) is 0 Å². The summed E-state index contributed by atoms with van der Waals surface area (Å²) in [5.74, 6) is 0.997. The van der Waals surface area contributed by atoms with Gasteiger partial charge in [-0.1, -0.05) is 33.6 Å². The van der Waals surface area contributed by atoms with Gasteiger partial charge in [0, 0.05) is 29.5 Å². The van der Waals surface area contributed by atoms with Crippen molar-refractivity contribution in [2.24, 2.45) is 0 Å². The number of alkyl halides is 1. The van der Waals surface area contributed by atoms with Crippen molar-refractivity contribution < 1.29 is 9.47 Å². The maximum absolute atomic E-state index is 5.52. The lowest BCUT2D eigenvalue weighted by Gasteiger charge is -2.37. The van der Waals surface area contributed by atoms with Crippen molar-refractivity contribution in [1.29, 1.82) is 0 Å². The molecular formula is C14H19BrO2. The highest BCUT2D eigenvalue weighted by Crippen LogP contribution is 2.41. The Morgan fingerprint density at radius 3 is 2.65 bits per heavy atom. The fourth-order valence-corrected chi connectivity index (χ4v) is 3.34. The standard InChI is InChI=1S/C14H19BrO2/c1-11-3-4-13(16-2)12(9-11)14(10-15)5-7-17-8-6-14/h3-4,9H,5-8,10H2,1-2H3. The monoisotopic (exact) mass is 298 g/mol. The Morgan fingerprint density at radius 1 is 1.35 bits per heavy atom. The minimum Gasteiger partial charge on any atom is -0.496 e. The van der Waals surface area contributed by atoms with Crippen LogP contribution in [0.15, 0.2) is 18.2 Å². The van der Waals surface area contributed by atoms with Crippen LogP contribution in [0.5, 0.6) is 5.75 Å². The van der Waals surface area contributed by atoms with Crippen LogP contribution in [0, 0.1) is 6.92 Å². The van der Waals surface area contributed by atoms with Crippen molar-refractivity contribution in [2.75, 3.05) is 25.7 Å². The Morgan fingerprint density at radius 2 is 2.06 bits per heavy atom. The van der Waals surface area contributed by atoms with Crippen LogP contribution < -0.4 is 4.74 Å². The fourth-order valence-electron chi connectivity index (χ4n) is 2.47. The zero-order chi connectivity index (χ0) is 12.3. The lowest BCUT2D eigenvalue weighted by Crippen LogP contribution is -2.35. The Balaban J connectivity index is 2.44. The number of aryl methyl sites for hydroxylation is 1. The molecule has 1 heterocycles. The van der Waals surface area contributed by atoms with E-state index in [-0.39, 0.29) is 5.41 Å². The normalized spacial score (nSPS) is 19.0. The largest absolute Gasteiger partial charge is 0.496 e. The zero-order valence-corrected chi connectivity index (χ0v) is 12.0. The Bertz CT molecular complexity index is 384.